The number of fused-ring (bicyclic) bond motifs is 1. The summed E-state index contributed by atoms with van der Waals surface area (Å²) in [6.07, 6.45) is 1.72. The van der Waals surface area contributed by atoms with Crippen molar-refractivity contribution in [1.29, 1.82) is 0 Å². The second-order valence-electron chi connectivity index (χ2n) is 5.94. The first-order chi connectivity index (χ1) is 12.6. The first-order valence-electron chi connectivity index (χ1n) is 7.92. The zero-order valence-electron chi connectivity index (χ0n) is 13.5. The summed E-state index contributed by atoms with van der Waals surface area (Å²) in [4.78, 5) is 0. The van der Waals surface area contributed by atoms with E-state index in [4.69, 9.17) is 11.6 Å². The molecule has 0 saturated carbocycles. The first kappa shape index (κ1) is 16.4. The number of hydrogen-bond acceptors (Lipinski definition) is 3. The molecule has 6 heteroatoms. The van der Waals surface area contributed by atoms with Crippen LogP contribution in [0.25, 0.3) is 27.7 Å². The lowest BCUT2D eigenvalue weighted by Crippen LogP contribution is -1.96. The van der Waals surface area contributed by atoms with Gasteiger partial charge in [0.2, 0.25) is 0 Å². The van der Waals surface area contributed by atoms with E-state index in [2.05, 4.69) is 5.10 Å². The number of benzene rings is 3. The number of rotatable bonds is 3. The maximum absolute atomic E-state index is 12.8. The van der Waals surface area contributed by atoms with Crippen molar-refractivity contribution in [2.45, 2.75) is 6.67 Å². The van der Waals surface area contributed by atoms with Crippen LogP contribution in [-0.4, -0.2) is 20.0 Å². The molecule has 0 radical (unpaired) electrons. The smallest absolute Gasteiger partial charge is 0.134 e. The molecule has 1 heterocycles. The molecule has 1 aromatic heterocycles. The normalized spacial score (nSPS) is 11.2. The fourth-order valence-electron chi connectivity index (χ4n) is 2.90. The zero-order valence-corrected chi connectivity index (χ0v) is 14.3. The Kier molecular flexibility index (Phi) is 4.01. The second kappa shape index (κ2) is 6.35. The van der Waals surface area contributed by atoms with Gasteiger partial charge in [0, 0.05) is 17.0 Å². The molecule has 0 atom stereocenters. The molecule has 0 aliphatic heterocycles. The van der Waals surface area contributed by atoms with Gasteiger partial charge in [-0.15, -0.1) is 0 Å². The average Bonchev–Trinajstić information content (AvgIpc) is 3.07. The number of phenols is 2. The van der Waals surface area contributed by atoms with Gasteiger partial charge in [-0.2, -0.15) is 5.10 Å². The first-order valence-corrected chi connectivity index (χ1v) is 8.29. The molecule has 0 unspecified atom stereocenters. The van der Waals surface area contributed by atoms with Gasteiger partial charge in [0.15, 0.2) is 0 Å². The molecule has 0 saturated heterocycles. The fraction of sp³-hybridized carbons (Fsp3) is 0.0500. The van der Waals surface area contributed by atoms with Crippen molar-refractivity contribution >= 4 is 22.5 Å². The zero-order chi connectivity index (χ0) is 18.3. The van der Waals surface area contributed by atoms with E-state index in [-0.39, 0.29) is 17.1 Å². The number of alkyl halides is 1. The van der Waals surface area contributed by atoms with Gasteiger partial charge in [-0.25, -0.2) is 9.07 Å². The monoisotopic (exact) mass is 368 g/mol. The number of halogens is 2. The summed E-state index contributed by atoms with van der Waals surface area (Å²) in [6.45, 7) is -0.718. The van der Waals surface area contributed by atoms with Crippen molar-refractivity contribution in [3.8, 4) is 28.3 Å². The van der Waals surface area contributed by atoms with Crippen molar-refractivity contribution in [3.63, 3.8) is 0 Å². The number of nitrogens with zero attached hydrogens (tertiary/aromatic N) is 2. The van der Waals surface area contributed by atoms with Crippen molar-refractivity contribution in [3.05, 3.63) is 71.4 Å². The van der Waals surface area contributed by atoms with E-state index in [0.29, 0.717) is 10.7 Å². The molecule has 0 fully saturated rings. The van der Waals surface area contributed by atoms with Gasteiger partial charge >= 0.3 is 0 Å². The highest BCUT2D eigenvalue weighted by molar-refractivity contribution is 6.32. The van der Waals surface area contributed by atoms with Crippen molar-refractivity contribution in [2.75, 3.05) is 0 Å². The molecule has 3 aromatic carbocycles. The lowest BCUT2D eigenvalue weighted by molar-refractivity contribution is 0.432. The van der Waals surface area contributed by atoms with Gasteiger partial charge < -0.3 is 10.2 Å². The summed E-state index contributed by atoms with van der Waals surface area (Å²) < 4.78 is 14.4. The molecular weight excluding hydrogens is 355 g/mol. The van der Waals surface area contributed by atoms with E-state index in [9.17, 15) is 14.6 Å². The van der Waals surface area contributed by atoms with E-state index >= 15 is 0 Å². The molecule has 4 aromatic rings. The van der Waals surface area contributed by atoms with Crippen LogP contribution >= 0.6 is 11.6 Å². The molecule has 0 amide bonds. The lowest BCUT2D eigenvalue weighted by Gasteiger charge is -2.08. The Bertz CT molecular complexity index is 1120. The molecule has 0 bridgehead atoms. The highest BCUT2D eigenvalue weighted by Crippen LogP contribution is 2.32. The average molecular weight is 369 g/mol. The summed E-state index contributed by atoms with van der Waals surface area (Å²) >= 11 is 5.99. The maximum Gasteiger partial charge on any atom is 0.134 e. The van der Waals surface area contributed by atoms with Crippen molar-refractivity contribution in [1.82, 2.24) is 9.78 Å². The van der Waals surface area contributed by atoms with Gasteiger partial charge in [0.05, 0.1) is 22.4 Å². The van der Waals surface area contributed by atoms with E-state index in [1.807, 2.05) is 18.2 Å². The molecular formula is C20H14ClFN2O2. The summed E-state index contributed by atoms with van der Waals surface area (Å²) in [5.74, 6) is -0.0511. The summed E-state index contributed by atoms with van der Waals surface area (Å²) in [6, 6.07) is 15.6. The number of hydrogen-bond donors (Lipinski definition) is 2. The number of phenolic OH excluding ortho intramolecular Hbond substituents is 2. The summed E-state index contributed by atoms with van der Waals surface area (Å²) in [7, 11) is 0. The number of aromatic nitrogens is 2. The maximum atomic E-state index is 12.8. The lowest BCUT2D eigenvalue weighted by atomic mass is 10.0. The minimum Gasteiger partial charge on any atom is -0.507 e. The highest BCUT2D eigenvalue weighted by atomic mass is 35.5. The molecule has 26 heavy (non-hydrogen) atoms. The summed E-state index contributed by atoms with van der Waals surface area (Å²) in [5, 5.41) is 25.0. The largest absolute Gasteiger partial charge is 0.507 e. The minimum atomic E-state index is -0.718. The second-order valence-corrected chi connectivity index (χ2v) is 6.35. The Balaban J connectivity index is 1.78. The highest BCUT2D eigenvalue weighted by Gasteiger charge is 2.10. The fourth-order valence-corrected chi connectivity index (χ4v) is 3.08. The SMILES string of the molecule is Oc1ccc(-c2ccc3c(cnn3-c3ccc(CF)c(O)c3)c2)cc1Cl. The molecule has 4 nitrogen and oxygen atoms in total. The van der Waals surface area contributed by atoms with Crippen LogP contribution in [0, 0.1) is 0 Å². The van der Waals surface area contributed by atoms with Crippen LogP contribution in [0.1, 0.15) is 5.56 Å². The topological polar surface area (TPSA) is 58.3 Å². The van der Waals surface area contributed by atoms with Crippen LogP contribution in [0.2, 0.25) is 5.02 Å². The Morgan fingerprint density at radius 2 is 1.69 bits per heavy atom. The molecule has 2 N–H and O–H groups in total. The third-order valence-corrected chi connectivity index (χ3v) is 4.61. The van der Waals surface area contributed by atoms with E-state index in [0.717, 1.165) is 22.0 Å². The van der Waals surface area contributed by atoms with Crippen LogP contribution in [0.5, 0.6) is 11.5 Å². The van der Waals surface area contributed by atoms with Crippen LogP contribution in [0.3, 0.4) is 0 Å². The van der Waals surface area contributed by atoms with E-state index in [1.165, 1.54) is 6.07 Å². The van der Waals surface area contributed by atoms with E-state index in [1.54, 1.807) is 41.2 Å². The molecule has 0 aliphatic rings. The van der Waals surface area contributed by atoms with Gasteiger partial charge in [0.25, 0.3) is 0 Å². The van der Waals surface area contributed by atoms with Crippen LogP contribution in [0.4, 0.5) is 4.39 Å². The Morgan fingerprint density at radius 1 is 0.923 bits per heavy atom. The minimum absolute atomic E-state index is 0.0425. The number of aromatic hydroxyl groups is 2. The van der Waals surface area contributed by atoms with Crippen molar-refractivity contribution in [2.24, 2.45) is 0 Å². The van der Waals surface area contributed by atoms with Crippen LogP contribution < -0.4 is 0 Å². The third-order valence-electron chi connectivity index (χ3n) is 4.31. The quantitative estimate of drug-likeness (QED) is 0.520. The Morgan fingerprint density at radius 3 is 2.42 bits per heavy atom. The van der Waals surface area contributed by atoms with Gasteiger partial charge in [-0.1, -0.05) is 29.8 Å². The standard InChI is InChI=1S/C20H14ClFN2O2/c21-17-8-13(3-6-19(17)25)12-2-5-18-15(7-12)11-23-24(18)16-4-1-14(10-22)20(26)9-16/h1-9,11,25-26H,10H2. The predicted molar refractivity (Wildman–Crippen MR) is 99.7 cm³/mol. The summed E-state index contributed by atoms with van der Waals surface area (Å²) in [5.41, 5.74) is 3.57. The van der Waals surface area contributed by atoms with Crippen molar-refractivity contribution < 1.29 is 14.6 Å². The van der Waals surface area contributed by atoms with Gasteiger partial charge in [-0.05, 0) is 41.5 Å². The molecule has 4 rings (SSSR count). The van der Waals surface area contributed by atoms with Crippen LogP contribution in [-0.2, 0) is 6.67 Å². The molecule has 0 spiro atoms. The Labute approximate surface area is 153 Å². The molecule has 0 aliphatic carbocycles. The molecule has 130 valence electrons. The van der Waals surface area contributed by atoms with Gasteiger partial charge in [0.1, 0.15) is 18.2 Å². The van der Waals surface area contributed by atoms with Gasteiger partial charge in [-0.3, -0.25) is 0 Å². The Hall–Kier alpha value is -3.05. The predicted octanol–water partition coefficient (Wildman–Crippen LogP) is 5.23. The van der Waals surface area contributed by atoms with Crippen LogP contribution in [0.15, 0.2) is 60.8 Å². The third kappa shape index (κ3) is 2.76. The van der Waals surface area contributed by atoms with E-state index < -0.39 is 6.67 Å².